The Labute approximate surface area is 391 Å². The molecule has 0 bridgehead atoms. The molecular formula is C53H107NO8P+. The molecule has 2 atom stereocenters. The number of esters is 2. The summed E-state index contributed by atoms with van der Waals surface area (Å²) in [6, 6.07) is 0. The number of carbonyl (C=O) groups is 2. The number of phosphoric ester groups is 1. The van der Waals surface area contributed by atoms with Gasteiger partial charge < -0.3 is 18.9 Å². The first-order chi connectivity index (χ1) is 30.5. The number of hydrogen-bond donors (Lipinski definition) is 1. The van der Waals surface area contributed by atoms with E-state index in [0.717, 1.165) is 38.5 Å². The van der Waals surface area contributed by atoms with Crippen LogP contribution in [0.5, 0.6) is 0 Å². The molecule has 376 valence electrons. The Hall–Kier alpha value is -0.990. The Morgan fingerprint density at radius 3 is 1.02 bits per heavy atom. The van der Waals surface area contributed by atoms with E-state index in [1.807, 2.05) is 21.1 Å². The molecule has 0 aromatic rings. The minimum atomic E-state index is -4.37. The lowest BCUT2D eigenvalue weighted by atomic mass is 10.0. The molecule has 0 heterocycles. The van der Waals surface area contributed by atoms with Gasteiger partial charge in [-0.2, -0.15) is 0 Å². The van der Waals surface area contributed by atoms with Gasteiger partial charge in [-0.25, -0.2) is 4.57 Å². The van der Waals surface area contributed by atoms with Crippen molar-refractivity contribution in [1.82, 2.24) is 0 Å². The number of nitrogens with zero attached hydrogens (tertiary/aromatic N) is 1. The lowest BCUT2D eigenvalue weighted by Crippen LogP contribution is -2.37. The summed E-state index contributed by atoms with van der Waals surface area (Å²) in [7, 11) is 1.50. The SMILES string of the molecule is CCCCCCCCCCCCCCCCCCCCCCC(=O)OCC(COP(=O)(O)OCC[N+](C)(C)C)OC(=O)CCCCCCCCCCCCCCCCCCCCC. The molecule has 0 rings (SSSR count). The molecule has 0 saturated heterocycles. The first-order valence-corrected chi connectivity index (χ1v) is 28.8. The third-order valence-electron chi connectivity index (χ3n) is 12.4. The molecular weight excluding hydrogens is 810 g/mol. The second-order valence-electron chi connectivity index (χ2n) is 20.0. The number of phosphoric acid groups is 1. The molecule has 2 unspecified atom stereocenters. The van der Waals surface area contributed by atoms with Gasteiger partial charge in [0.1, 0.15) is 19.8 Å². The van der Waals surface area contributed by atoms with Crippen molar-refractivity contribution in [2.24, 2.45) is 0 Å². The van der Waals surface area contributed by atoms with Crippen LogP contribution in [0.3, 0.4) is 0 Å². The van der Waals surface area contributed by atoms with Gasteiger partial charge in [0, 0.05) is 12.8 Å². The van der Waals surface area contributed by atoms with Crippen LogP contribution in [0, 0.1) is 0 Å². The largest absolute Gasteiger partial charge is 0.472 e. The Balaban J connectivity index is 4.16. The van der Waals surface area contributed by atoms with E-state index in [-0.39, 0.29) is 25.6 Å². The van der Waals surface area contributed by atoms with E-state index in [9.17, 15) is 19.0 Å². The summed E-state index contributed by atoms with van der Waals surface area (Å²) in [6.07, 6.45) is 50.1. The van der Waals surface area contributed by atoms with E-state index >= 15 is 0 Å². The highest BCUT2D eigenvalue weighted by atomic mass is 31.2. The Bertz CT molecular complexity index is 1040. The monoisotopic (exact) mass is 917 g/mol. The minimum Gasteiger partial charge on any atom is -0.462 e. The fourth-order valence-corrected chi connectivity index (χ4v) is 8.88. The van der Waals surface area contributed by atoms with Crippen molar-refractivity contribution < 1.29 is 42.1 Å². The van der Waals surface area contributed by atoms with Gasteiger partial charge in [-0.1, -0.05) is 251 Å². The second kappa shape index (κ2) is 46.1. The number of hydrogen-bond acceptors (Lipinski definition) is 7. The lowest BCUT2D eigenvalue weighted by molar-refractivity contribution is -0.870. The van der Waals surface area contributed by atoms with Crippen LogP contribution in [0.25, 0.3) is 0 Å². The van der Waals surface area contributed by atoms with Crippen LogP contribution >= 0.6 is 7.82 Å². The molecule has 0 fully saturated rings. The molecule has 0 aliphatic heterocycles. The molecule has 0 amide bonds. The van der Waals surface area contributed by atoms with E-state index in [0.29, 0.717) is 17.4 Å². The topological polar surface area (TPSA) is 108 Å². The van der Waals surface area contributed by atoms with Crippen molar-refractivity contribution >= 4 is 19.8 Å². The zero-order valence-corrected chi connectivity index (χ0v) is 43.5. The van der Waals surface area contributed by atoms with Gasteiger partial charge in [0.15, 0.2) is 6.10 Å². The quantitative estimate of drug-likeness (QED) is 0.0278. The first kappa shape index (κ1) is 62.0. The van der Waals surface area contributed by atoms with Crippen molar-refractivity contribution in [2.75, 3.05) is 47.5 Å². The molecule has 0 aliphatic rings. The number of quaternary nitrogens is 1. The number of ether oxygens (including phenoxy) is 2. The van der Waals surface area contributed by atoms with Crippen LogP contribution in [0.2, 0.25) is 0 Å². The minimum absolute atomic E-state index is 0.0373. The molecule has 0 saturated carbocycles. The van der Waals surface area contributed by atoms with Gasteiger partial charge in [0.05, 0.1) is 27.7 Å². The van der Waals surface area contributed by atoms with Crippen molar-refractivity contribution in [3.63, 3.8) is 0 Å². The average molecular weight is 917 g/mol. The molecule has 63 heavy (non-hydrogen) atoms. The van der Waals surface area contributed by atoms with Crippen LogP contribution in [0.1, 0.15) is 277 Å². The fourth-order valence-electron chi connectivity index (χ4n) is 8.14. The van der Waals surface area contributed by atoms with E-state index in [1.165, 1.54) is 212 Å². The summed E-state index contributed by atoms with van der Waals surface area (Å²) >= 11 is 0. The number of likely N-dealkylation sites (N-methyl/N-ethyl adjacent to an activating group) is 1. The standard InChI is InChI=1S/C53H106NO8P/c1-6-8-10-12-14-16-18-20-22-24-26-28-29-31-33-35-37-39-41-43-45-52(55)59-49-51(50-61-63(57,58)60-48-47-54(3,4)5)62-53(56)46-44-42-40-38-36-34-32-30-27-25-23-21-19-17-15-13-11-9-7-2/h51H,6-50H2,1-5H3/p+1. The predicted octanol–water partition coefficient (Wildman–Crippen LogP) is 16.3. The highest BCUT2D eigenvalue weighted by Crippen LogP contribution is 2.43. The summed E-state index contributed by atoms with van der Waals surface area (Å²) in [5.41, 5.74) is 0. The van der Waals surface area contributed by atoms with Gasteiger partial charge in [0.2, 0.25) is 0 Å². The maximum absolute atomic E-state index is 12.8. The van der Waals surface area contributed by atoms with Crippen LogP contribution < -0.4 is 0 Å². The van der Waals surface area contributed by atoms with Crippen molar-refractivity contribution in [2.45, 2.75) is 283 Å². The maximum Gasteiger partial charge on any atom is 0.472 e. The predicted molar refractivity (Wildman–Crippen MR) is 266 cm³/mol. The van der Waals surface area contributed by atoms with Crippen LogP contribution in [-0.2, 0) is 32.7 Å². The zero-order valence-electron chi connectivity index (χ0n) is 42.6. The number of rotatable bonds is 51. The molecule has 1 N–H and O–H groups in total. The van der Waals surface area contributed by atoms with Crippen LogP contribution in [-0.4, -0.2) is 74.9 Å². The Kier molecular flexibility index (Phi) is 45.4. The van der Waals surface area contributed by atoms with E-state index in [1.54, 1.807) is 0 Å². The average Bonchev–Trinajstić information content (AvgIpc) is 3.24. The summed E-state index contributed by atoms with van der Waals surface area (Å²) in [5, 5.41) is 0. The van der Waals surface area contributed by atoms with Gasteiger partial charge in [0.25, 0.3) is 0 Å². The maximum atomic E-state index is 12.8. The van der Waals surface area contributed by atoms with E-state index in [4.69, 9.17) is 18.5 Å². The number of carbonyl (C=O) groups excluding carboxylic acids is 2. The van der Waals surface area contributed by atoms with Crippen LogP contribution in [0.4, 0.5) is 0 Å². The van der Waals surface area contributed by atoms with Crippen LogP contribution in [0.15, 0.2) is 0 Å². The normalized spacial score (nSPS) is 13.3. The first-order valence-electron chi connectivity index (χ1n) is 27.3. The fraction of sp³-hybridized carbons (Fsp3) is 0.962. The second-order valence-corrected chi connectivity index (χ2v) is 21.4. The summed E-state index contributed by atoms with van der Waals surface area (Å²) in [6.45, 7) is 4.50. The third-order valence-corrected chi connectivity index (χ3v) is 13.4. The van der Waals surface area contributed by atoms with E-state index in [2.05, 4.69) is 13.8 Å². The molecule has 0 spiro atoms. The zero-order chi connectivity index (χ0) is 46.4. The molecule has 0 aliphatic carbocycles. The van der Waals surface area contributed by atoms with Gasteiger partial charge >= 0.3 is 19.8 Å². The smallest absolute Gasteiger partial charge is 0.462 e. The van der Waals surface area contributed by atoms with Crippen molar-refractivity contribution in [1.29, 1.82) is 0 Å². The summed E-state index contributed by atoms with van der Waals surface area (Å²) in [5.74, 6) is -0.775. The van der Waals surface area contributed by atoms with Crippen molar-refractivity contribution in [3.05, 3.63) is 0 Å². The Morgan fingerprint density at radius 1 is 0.429 bits per heavy atom. The van der Waals surface area contributed by atoms with Crippen molar-refractivity contribution in [3.8, 4) is 0 Å². The van der Waals surface area contributed by atoms with E-state index < -0.39 is 26.5 Å². The Morgan fingerprint density at radius 2 is 0.714 bits per heavy atom. The van der Waals surface area contributed by atoms with Gasteiger partial charge in [-0.05, 0) is 12.8 Å². The van der Waals surface area contributed by atoms with Gasteiger partial charge in [-0.15, -0.1) is 0 Å². The molecule has 0 aromatic carbocycles. The molecule has 0 aromatic heterocycles. The lowest BCUT2D eigenvalue weighted by Gasteiger charge is -2.24. The molecule has 9 nitrogen and oxygen atoms in total. The summed E-state index contributed by atoms with van der Waals surface area (Å²) < 4.78 is 34.5. The highest BCUT2D eigenvalue weighted by molar-refractivity contribution is 7.47. The molecule has 10 heteroatoms. The third kappa shape index (κ3) is 50.3. The highest BCUT2D eigenvalue weighted by Gasteiger charge is 2.27. The van der Waals surface area contributed by atoms with Gasteiger partial charge in [-0.3, -0.25) is 18.6 Å². The molecule has 0 radical (unpaired) electrons. The number of unbranched alkanes of at least 4 members (excludes halogenated alkanes) is 37. The summed E-state index contributed by atoms with van der Waals surface area (Å²) in [4.78, 5) is 35.6.